The first-order chi connectivity index (χ1) is 8.31. The number of benzene rings is 1. The second-order valence-electron chi connectivity index (χ2n) is 3.38. The van der Waals surface area contributed by atoms with Crippen molar-refractivity contribution in [2.45, 2.75) is 11.5 Å². The third-order valence-corrected chi connectivity index (χ3v) is 4.38. The topological polar surface area (TPSA) is 37.8 Å². The monoisotopic (exact) mass is 285 g/mol. The third-order valence-electron chi connectivity index (χ3n) is 2.24. The minimum atomic E-state index is 0.824. The Morgan fingerprint density at radius 2 is 2.18 bits per heavy atom. The lowest BCUT2D eigenvalue weighted by molar-refractivity contribution is 1.07. The van der Waals surface area contributed by atoms with Gasteiger partial charge in [-0.05, 0) is 11.6 Å². The lowest BCUT2D eigenvalue weighted by Gasteiger charge is -2.03. The van der Waals surface area contributed by atoms with Crippen LogP contribution in [-0.4, -0.2) is 16.6 Å². The Morgan fingerprint density at radius 1 is 1.35 bits per heavy atom. The molecule has 2 aromatic rings. The van der Waals surface area contributed by atoms with E-state index in [1.165, 1.54) is 11.5 Å². The Labute approximate surface area is 114 Å². The number of thioether (sulfide) groups is 1. The van der Waals surface area contributed by atoms with Crippen LogP contribution < -0.4 is 5.32 Å². The number of hydrogen-bond acceptors (Lipinski definition) is 5. The Morgan fingerprint density at radius 3 is 2.94 bits per heavy atom. The van der Waals surface area contributed by atoms with E-state index in [9.17, 15) is 0 Å². The molecule has 0 aliphatic rings. The molecule has 0 fully saturated rings. The van der Waals surface area contributed by atoms with Gasteiger partial charge in [-0.2, -0.15) is 11.8 Å². The van der Waals surface area contributed by atoms with E-state index in [2.05, 4.69) is 14.9 Å². The van der Waals surface area contributed by atoms with Gasteiger partial charge in [0.15, 0.2) is 0 Å². The molecule has 0 aliphatic carbocycles. The second-order valence-corrected chi connectivity index (χ2v) is 5.53. The molecule has 0 atom stereocenters. The fourth-order valence-corrected chi connectivity index (χ4v) is 3.24. The van der Waals surface area contributed by atoms with E-state index >= 15 is 0 Å². The molecule has 0 amide bonds. The normalized spacial score (nSPS) is 10.5. The summed E-state index contributed by atoms with van der Waals surface area (Å²) in [7, 11) is 1.89. The highest BCUT2D eigenvalue weighted by Crippen LogP contribution is 2.26. The summed E-state index contributed by atoms with van der Waals surface area (Å²) in [5.41, 5.74) is 2.17. The Kier molecular flexibility index (Phi) is 4.65. The molecular weight excluding hydrogens is 274 g/mol. The second kappa shape index (κ2) is 6.23. The molecule has 90 valence electrons. The van der Waals surface area contributed by atoms with Crippen LogP contribution in [0, 0.1) is 0 Å². The minimum absolute atomic E-state index is 0.824. The predicted molar refractivity (Wildman–Crippen MR) is 75.9 cm³/mol. The Bertz CT molecular complexity index is 487. The average Bonchev–Trinajstić information content (AvgIpc) is 2.79. The van der Waals surface area contributed by atoms with Gasteiger partial charge in [0.1, 0.15) is 10.7 Å². The van der Waals surface area contributed by atoms with Crippen LogP contribution >= 0.6 is 34.9 Å². The average molecular weight is 286 g/mol. The molecule has 1 aromatic heterocycles. The van der Waals surface area contributed by atoms with Gasteiger partial charge >= 0.3 is 0 Å². The van der Waals surface area contributed by atoms with Gasteiger partial charge < -0.3 is 5.32 Å². The van der Waals surface area contributed by atoms with Crippen molar-refractivity contribution in [2.75, 3.05) is 12.4 Å². The van der Waals surface area contributed by atoms with Crippen molar-refractivity contribution in [2.24, 2.45) is 0 Å². The zero-order valence-corrected chi connectivity index (χ0v) is 11.7. The van der Waals surface area contributed by atoms with Crippen LogP contribution in [0.1, 0.15) is 11.3 Å². The number of nitrogens with zero attached hydrogens (tertiary/aromatic N) is 2. The maximum Gasteiger partial charge on any atom is 0.133 e. The Balaban J connectivity index is 1.90. The van der Waals surface area contributed by atoms with Crippen LogP contribution in [0.2, 0.25) is 5.02 Å². The van der Waals surface area contributed by atoms with Crippen molar-refractivity contribution >= 4 is 39.9 Å². The zero-order chi connectivity index (χ0) is 12.1. The number of halogens is 1. The van der Waals surface area contributed by atoms with Crippen molar-refractivity contribution in [3.8, 4) is 0 Å². The summed E-state index contributed by atoms with van der Waals surface area (Å²) < 4.78 is 3.93. The van der Waals surface area contributed by atoms with E-state index in [1.807, 2.05) is 31.3 Å². The summed E-state index contributed by atoms with van der Waals surface area (Å²) in [6, 6.07) is 7.92. The SMILES string of the molecule is CNc1snnc1CSCc1ccccc1Cl. The first kappa shape index (κ1) is 12.7. The summed E-state index contributed by atoms with van der Waals surface area (Å²) in [6.45, 7) is 0. The van der Waals surface area contributed by atoms with Crippen molar-refractivity contribution in [3.63, 3.8) is 0 Å². The number of aromatic nitrogens is 2. The van der Waals surface area contributed by atoms with Gasteiger partial charge in [-0.1, -0.05) is 34.3 Å². The van der Waals surface area contributed by atoms with E-state index in [4.69, 9.17) is 11.6 Å². The van der Waals surface area contributed by atoms with Crippen LogP contribution in [0.5, 0.6) is 0 Å². The number of anilines is 1. The van der Waals surface area contributed by atoms with Gasteiger partial charge in [0, 0.05) is 35.1 Å². The number of rotatable bonds is 5. The van der Waals surface area contributed by atoms with Crippen LogP contribution in [-0.2, 0) is 11.5 Å². The minimum Gasteiger partial charge on any atom is -0.377 e. The summed E-state index contributed by atoms with van der Waals surface area (Å²) in [5.74, 6) is 1.73. The maximum atomic E-state index is 6.09. The highest BCUT2D eigenvalue weighted by Gasteiger charge is 2.06. The number of nitrogens with one attached hydrogen (secondary N) is 1. The smallest absolute Gasteiger partial charge is 0.133 e. The maximum absolute atomic E-state index is 6.09. The third kappa shape index (κ3) is 3.34. The fourth-order valence-electron chi connectivity index (χ4n) is 1.37. The molecule has 3 nitrogen and oxygen atoms in total. The first-order valence-corrected chi connectivity index (χ1v) is 7.42. The van der Waals surface area contributed by atoms with Gasteiger partial charge in [0.2, 0.25) is 0 Å². The highest BCUT2D eigenvalue weighted by atomic mass is 35.5. The molecule has 0 unspecified atom stereocenters. The molecule has 1 aromatic carbocycles. The number of hydrogen-bond donors (Lipinski definition) is 1. The van der Waals surface area contributed by atoms with E-state index < -0.39 is 0 Å². The van der Waals surface area contributed by atoms with Crippen molar-refractivity contribution in [1.82, 2.24) is 9.59 Å². The van der Waals surface area contributed by atoms with Crippen LogP contribution in [0.4, 0.5) is 5.00 Å². The fraction of sp³-hybridized carbons (Fsp3) is 0.273. The van der Waals surface area contributed by atoms with E-state index in [0.717, 1.165) is 32.8 Å². The van der Waals surface area contributed by atoms with Crippen LogP contribution in [0.3, 0.4) is 0 Å². The molecule has 0 saturated heterocycles. The molecule has 17 heavy (non-hydrogen) atoms. The summed E-state index contributed by atoms with van der Waals surface area (Å²) in [4.78, 5) is 0. The highest BCUT2D eigenvalue weighted by molar-refractivity contribution is 7.97. The van der Waals surface area contributed by atoms with Crippen LogP contribution in [0.15, 0.2) is 24.3 Å². The zero-order valence-electron chi connectivity index (χ0n) is 9.31. The van der Waals surface area contributed by atoms with E-state index in [1.54, 1.807) is 11.8 Å². The summed E-state index contributed by atoms with van der Waals surface area (Å²) in [6.07, 6.45) is 0. The molecule has 0 saturated carbocycles. The molecule has 0 bridgehead atoms. The molecule has 0 spiro atoms. The molecule has 1 N–H and O–H groups in total. The van der Waals surface area contributed by atoms with Crippen LogP contribution in [0.25, 0.3) is 0 Å². The predicted octanol–water partition coefficient (Wildman–Crippen LogP) is 3.67. The van der Waals surface area contributed by atoms with Gasteiger partial charge in [0.25, 0.3) is 0 Å². The quantitative estimate of drug-likeness (QED) is 0.910. The van der Waals surface area contributed by atoms with Gasteiger partial charge in [-0.15, -0.1) is 5.10 Å². The van der Waals surface area contributed by atoms with E-state index in [0.29, 0.717) is 0 Å². The van der Waals surface area contributed by atoms with Crippen molar-refractivity contribution in [3.05, 3.63) is 40.5 Å². The lowest BCUT2D eigenvalue weighted by Crippen LogP contribution is -1.91. The summed E-state index contributed by atoms with van der Waals surface area (Å²) in [5, 5.41) is 9.05. The standard InChI is InChI=1S/C11H12ClN3S2/c1-13-11-10(14-15-17-11)7-16-6-8-4-2-3-5-9(8)12/h2-5,13H,6-7H2,1H3. The first-order valence-electron chi connectivity index (χ1n) is 5.11. The summed E-state index contributed by atoms with van der Waals surface area (Å²) >= 11 is 9.27. The molecule has 0 aliphatic heterocycles. The largest absolute Gasteiger partial charge is 0.377 e. The molecule has 1 heterocycles. The molecular formula is C11H12ClN3S2. The van der Waals surface area contributed by atoms with Crippen molar-refractivity contribution in [1.29, 1.82) is 0 Å². The lowest BCUT2D eigenvalue weighted by atomic mass is 10.2. The Hall–Kier alpha value is -0.780. The molecule has 2 rings (SSSR count). The molecule has 0 radical (unpaired) electrons. The van der Waals surface area contributed by atoms with Gasteiger partial charge in [-0.25, -0.2) is 0 Å². The molecule has 6 heteroatoms. The van der Waals surface area contributed by atoms with Gasteiger partial charge in [0.05, 0.1) is 0 Å². The van der Waals surface area contributed by atoms with Crippen molar-refractivity contribution < 1.29 is 0 Å². The van der Waals surface area contributed by atoms with E-state index in [-0.39, 0.29) is 0 Å². The van der Waals surface area contributed by atoms with Gasteiger partial charge in [-0.3, -0.25) is 0 Å².